The minimum Gasteiger partial charge on any atom is -0.462 e. The molecule has 0 aromatic heterocycles. The second-order valence-corrected chi connectivity index (χ2v) is 14.5. The third-order valence-electron chi connectivity index (χ3n) is 8.88. The molecule has 0 aliphatic rings. The Morgan fingerprint density at radius 1 is 0.559 bits per heavy atom. The van der Waals surface area contributed by atoms with Crippen LogP contribution in [0.4, 0.5) is 0 Å². The number of benzene rings is 4. The highest BCUT2D eigenvalue weighted by atomic mass is 16.6. The van der Waals surface area contributed by atoms with E-state index in [2.05, 4.69) is 19.7 Å². The lowest BCUT2D eigenvalue weighted by Gasteiger charge is -2.25. The van der Waals surface area contributed by atoms with Crippen molar-refractivity contribution in [3.8, 4) is 22.3 Å². The summed E-state index contributed by atoms with van der Waals surface area (Å²) in [6.45, 7) is 15.9. The van der Waals surface area contributed by atoms with Crippen molar-refractivity contribution in [1.82, 2.24) is 0 Å². The molecule has 4 aromatic rings. The van der Waals surface area contributed by atoms with Crippen molar-refractivity contribution in [3.63, 3.8) is 0 Å². The third kappa shape index (κ3) is 13.8. The molecule has 2 unspecified atom stereocenters. The molecule has 2 atom stereocenters. The van der Waals surface area contributed by atoms with Gasteiger partial charge in [-0.1, -0.05) is 123 Å². The Morgan fingerprint density at radius 2 is 1.02 bits per heavy atom. The maximum atomic E-state index is 13.4. The van der Waals surface area contributed by atoms with E-state index in [-0.39, 0.29) is 48.5 Å². The van der Waals surface area contributed by atoms with Crippen LogP contribution in [-0.2, 0) is 54.2 Å². The van der Waals surface area contributed by atoms with E-state index in [1.54, 1.807) is 38.1 Å². The summed E-state index contributed by atoms with van der Waals surface area (Å²) >= 11 is 0. The van der Waals surface area contributed by atoms with Gasteiger partial charge in [-0.25, -0.2) is 19.2 Å². The summed E-state index contributed by atoms with van der Waals surface area (Å²) in [5.41, 5.74) is 3.49. The van der Waals surface area contributed by atoms with E-state index in [1.807, 2.05) is 84.9 Å². The van der Waals surface area contributed by atoms with E-state index in [1.165, 1.54) is 13.8 Å². The van der Waals surface area contributed by atoms with Crippen LogP contribution in [-0.4, -0.2) is 68.5 Å². The molecular formula is C48H50O11. The highest BCUT2D eigenvalue weighted by molar-refractivity contribution is 5.97. The van der Waals surface area contributed by atoms with E-state index in [0.717, 1.165) is 22.3 Å². The maximum Gasteiger partial charge on any atom is 0.339 e. The van der Waals surface area contributed by atoms with Crippen LogP contribution in [0.1, 0.15) is 50.0 Å². The smallest absolute Gasteiger partial charge is 0.339 e. The summed E-state index contributed by atoms with van der Waals surface area (Å²) < 4.78 is 33.6. The van der Waals surface area contributed by atoms with Crippen molar-refractivity contribution >= 4 is 29.8 Å². The fourth-order valence-corrected chi connectivity index (χ4v) is 5.66. The Morgan fingerprint density at radius 3 is 1.59 bits per heavy atom. The number of ether oxygens (including phenoxy) is 6. The maximum absolute atomic E-state index is 13.4. The zero-order valence-electron chi connectivity index (χ0n) is 33.9. The molecule has 0 radical (unpaired) electrons. The molecule has 0 bridgehead atoms. The van der Waals surface area contributed by atoms with Gasteiger partial charge in [0.25, 0.3) is 0 Å². The van der Waals surface area contributed by atoms with Gasteiger partial charge in [0, 0.05) is 16.7 Å². The van der Waals surface area contributed by atoms with E-state index in [9.17, 15) is 24.0 Å². The van der Waals surface area contributed by atoms with Crippen molar-refractivity contribution in [3.05, 3.63) is 157 Å². The predicted octanol–water partition coefficient (Wildman–Crippen LogP) is 8.43. The minimum absolute atomic E-state index is 0.0638. The quantitative estimate of drug-likeness (QED) is 0.0456. The molecule has 11 heteroatoms. The standard InChI is InChI=1S/C48H50O11/c1-32(2)43(49)55-28-38(54-27-37-22-14-15-23-40(37)35-18-10-8-11-19-35)29-58-47(53)48(6,7)26-34(5)45(51)57-31-39(30-56-44(50)33(3)4)59-46(52)42-25-17-16-24-41(42)36-20-12-9-13-21-36/h8-25,38-39H,1,3,5,26-31H2,2,4,6-7H3. The Bertz CT molecular complexity index is 2140. The highest BCUT2D eigenvalue weighted by Crippen LogP contribution is 2.29. The molecule has 0 fully saturated rings. The van der Waals surface area contributed by atoms with Gasteiger partial charge in [-0.3, -0.25) is 4.79 Å². The number of rotatable bonds is 21. The van der Waals surface area contributed by atoms with Crippen molar-refractivity contribution in [1.29, 1.82) is 0 Å². The fraction of sp³-hybridized carbons (Fsp3) is 0.271. The number of hydrogen-bond acceptors (Lipinski definition) is 11. The van der Waals surface area contributed by atoms with Gasteiger partial charge in [-0.15, -0.1) is 0 Å². The zero-order valence-corrected chi connectivity index (χ0v) is 33.9. The Balaban J connectivity index is 1.38. The summed E-state index contributed by atoms with van der Waals surface area (Å²) in [5.74, 6) is -3.60. The molecule has 0 aliphatic carbocycles. The van der Waals surface area contributed by atoms with E-state index in [4.69, 9.17) is 28.4 Å². The highest BCUT2D eigenvalue weighted by Gasteiger charge is 2.33. The Hall–Kier alpha value is -6.59. The topological polar surface area (TPSA) is 141 Å². The van der Waals surface area contributed by atoms with E-state index < -0.39 is 60.7 Å². The lowest BCUT2D eigenvalue weighted by Crippen LogP contribution is -2.34. The van der Waals surface area contributed by atoms with E-state index >= 15 is 0 Å². The number of esters is 5. The van der Waals surface area contributed by atoms with Gasteiger partial charge in [0.2, 0.25) is 0 Å². The first kappa shape index (κ1) is 45.1. The van der Waals surface area contributed by atoms with Crippen LogP contribution in [0.3, 0.4) is 0 Å². The molecule has 0 saturated heterocycles. The van der Waals surface area contributed by atoms with Gasteiger partial charge in [-0.2, -0.15) is 0 Å². The van der Waals surface area contributed by atoms with Crippen molar-refractivity contribution in [2.75, 3.05) is 26.4 Å². The molecule has 308 valence electrons. The molecule has 4 rings (SSSR count). The van der Waals surface area contributed by atoms with Gasteiger partial charge in [0.05, 0.1) is 17.6 Å². The molecule has 11 nitrogen and oxygen atoms in total. The average Bonchev–Trinajstić information content (AvgIpc) is 3.24. The molecule has 0 N–H and O–H groups in total. The normalized spacial score (nSPS) is 11.9. The summed E-state index contributed by atoms with van der Waals surface area (Å²) in [5, 5.41) is 0. The van der Waals surface area contributed by atoms with Crippen LogP contribution in [0.2, 0.25) is 0 Å². The summed E-state index contributed by atoms with van der Waals surface area (Å²) in [4.78, 5) is 64.5. The van der Waals surface area contributed by atoms with Gasteiger partial charge in [0.1, 0.15) is 32.5 Å². The van der Waals surface area contributed by atoms with Gasteiger partial charge >= 0.3 is 29.8 Å². The molecule has 0 heterocycles. The number of carbonyl (C=O) groups is 5. The predicted molar refractivity (Wildman–Crippen MR) is 223 cm³/mol. The van der Waals surface area contributed by atoms with Crippen molar-refractivity contribution < 1.29 is 52.4 Å². The van der Waals surface area contributed by atoms with Crippen LogP contribution in [0.5, 0.6) is 0 Å². The van der Waals surface area contributed by atoms with Crippen LogP contribution >= 0.6 is 0 Å². The average molecular weight is 803 g/mol. The number of carbonyl (C=O) groups excluding carboxylic acids is 5. The van der Waals surface area contributed by atoms with Gasteiger partial charge in [0.15, 0.2) is 6.10 Å². The molecule has 0 aliphatic heterocycles. The fourth-order valence-electron chi connectivity index (χ4n) is 5.66. The Labute approximate surface area is 345 Å². The first-order valence-electron chi connectivity index (χ1n) is 18.9. The minimum atomic E-state index is -1.26. The molecule has 4 aromatic carbocycles. The van der Waals surface area contributed by atoms with Crippen LogP contribution in [0.25, 0.3) is 22.3 Å². The van der Waals surface area contributed by atoms with Crippen LogP contribution in [0, 0.1) is 5.41 Å². The third-order valence-corrected chi connectivity index (χ3v) is 8.88. The number of hydrogen-bond donors (Lipinski definition) is 0. The SMILES string of the molecule is C=C(C)C(=O)OCC(COC(=O)C(C)(C)CC(=C)C(=O)OCC(COC(=O)C(=C)C)OC(=O)c1ccccc1-c1ccccc1)OCc1ccccc1-c1ccccc1. The molecule has 0 amide bonds. The second-order valence-electron chi connectivity index (χ2n) is 14.5. The lowest BCUT2D eigenvalue weighted by molar-refractivity contribution is -0.162. The van der Waals surface area contributed by atoms with Crippen LogP contribution in [0.15, 0.2) is 146 Å². The van der Waals surface area contributed by atoms with Crippen molar-refractivity contribution in [2.45, 2.75) is 52.9 Å². The zero-order chi connectivity index (χ0) is 43.0. The molecule has 0 saturated carbocycles. The van der Waals surface area contributed by atoms with Gasteiger partial charge in [-0.05, 0) is 68.0 Å². The van der Waals surface area contributed by atoms with E-state index in [0.29, 0.717) is 5.56 Å². The monoisotopic (exact) mass is 802 g/mol. The first-order chi connectivity index (χ1) is 28.2. The molecule has 59 heavy (non-hydrogen) atoms. The summed E-state index contributed by atoms with van der Waals surface area (Å²) in [6, 6.07) is 33.6. The molecule has 0 spiro atoms. The Kier molecular flexibility index (Phi) is 16.7. The van der Waals surface area contributed by atoms with Crippen LogP contribution < -0.4 is 0 Å². The van der Waals surface area contributed by atoms with Crippen molar-refractivity contribution in [2.24, 2.45) is 5.41 Å². The summed E-state index contributed by atoms with van der Waals surface area (Å²) in [6.07, 6.45) is -2.20. The lowest BCUT2D eigenvalue weighted by atomic mass is 9.86. The summed E-state index contributed by atoms with van der Waals surface area (Å²) in [7, 11) is 0. The van der Waals surface area contributed by atoms with Gasteiger partial charge < -0.3 is 28.4 Å². The molecular weight excluding hydrogens is 753 g/mol. The second kappa shape index (κ2) is 21.8. The first-order valence-corrected chi connectivity index (χ1v) is 18.9. The largest absolute Gasteiger partial charge is 0.462 e.